The molecular weight excluding hydrogens is 228 g/mol. The van der Waals surface area contributed by atoms with Gasteiger partial charge in [0, 0.05) is 31.1 Å². The van der Waals surface area contributed by atoms with Gasteiger partial charge in [0.05, 0.1) is 0 Å². The van der Waals surface area contributed by atoms with Crippen molar-refractivity contribution >= 4 is 5.91 Å². The Hall–Kier alpha value is -2.17. The molecule has 0 saturated heterocycles. The zero-order valence-corrected chi connectivity index (χ0v) is 9.94. The van der Waals surface area contributed by atoms with Crippen LogP contribution in [0.25, 0.3) is 0 Å². The van der Waals surface area contributed by atoms with Crippen LogP contribution in [0.4, 0.5) is 0 Å². The number of carbonyl (C=O) groups excluding carboxylic acids is 1. The Morgan fingerprint density at radius 2 is 2.11 bits per heavy atom. The van der Waals surface area contributed by atoms with Crippen molar-refractivity contribution in [2.45, 2.75) is 19.3 Å². The SMILES string of the molecule is O=C1NCCCc2[nH]c(Cc3ccncc3)nc21. The summed E-state index contributed by atoms with van der Waals surface area (Å²) in [5.74, 6) is 0.767. The molecule has 0 atom stereocenters. The number of aromatic nitrogens is 3. The number of nitrogens with one attached hydrogen (secondary N) is 2. The van der Waals surface area contributed by atoms with E-state index in [9.17, 15) is 4.79 Å². The highest BCUT2D eigenvalue weighted by Crippen LogP contribution is 2.14. The van der Waals surface area contributed by atoms with Crippen molar-refractivity contribution in [2.24, 2.45) is 0 Å². The van der Waals surface area contributed by atoms with Crippen LogP contribution in [0.5, 0.6) is 0 Å². The van der Waals surface area contributed by atoms with Crippen LogP contribution >= 0.6 is 0 Å². The molecule has 0 bridgehead atoms. The van der Waals surface area contributed by atoms with Crippen molar-refractivity contribution in [3.63, 3.8) is 0 Å². The fraction of sp³-hybridized carbons (Fsp3) is 0.308. The number of amides is 1. The van der Waals surface area contributed by atoms with Crippen LogP contribution in [0.2, 0.25) is 0 Å². The third-order valence-electron chi connectivity index (χ3n) is 3.05. The van der Waals surface area contributed by atoms with Crippen LogP contribution in [-0.4, -0.2) is 27.4 Å². The van der Waals surface area contributed by atoms with E-state index in [1.807, 2.05) is 12.1 Å². The zero-order valence-electron chi connectivity index (χ0n) is 9.94. The van der Waals surface area contributed by atoms with Gasteiger partial charge < -0.3 is 10.3 Å². The smallest absolute Gasteiger partial charge is 0.271 e. The molecule has 92 valence electrons. The predicted octanol–water partition coefficient (Wildman–Crippen LogP) is 1.07. The molecule has 0 fully saturated rings. The number of pyridine rings is 1. The number of fused-ring (bicyclic) bond motifs is 1. The lowest BCUT2D eigenvalue weighted by atomic mass is 10.2. The van der Waals surface area contributed by atoms with Gasteiger partial charge in [-0.15, -0.1) is 0 Å². The minimum atomic E-state index is -0.0697. The van der Waals surface area contributed by atoms with Crippen LogP contribution in [0.15, 0.2) is 24.5 Å². The Morgan fingerprint density at radius 1 is 1.28 bits per heavy atom. The summed E-state index contributed by atoms with van der Waals surface area (Å²) in [5, 5.41) is 2.85. The highest BCUT2D eigenvalue weighted by atomic mass is 16.1. The molecule has 0 aromatic carbocycles. The summed E-state index contributed by atoms with van der Waals surface area (Å²) in [4.78, 5) is 23.4. The van der Waals surface area contributed by atoms with Gasteiger partial charge in [0.2, 0.25) is 0 Å². The van der Waals surface area contributed by atoms with E-state index in [4.69, 9.17) is 0 Å². The fourth-order valence-electron chi connectivity index (χ4n) is 2.16. The number of carbonyl (C=O) groups is 1. The van der Waals surface area contributed by atoms with Crippen LogP contribution in [-0.2, 0) is 12.8 Å². The Morgan fingerprint density at radius 3 is 2.94 bits per heavy atom. The number of imidazole rings is 1. The van der Waals surface area contributed by atoms with E-state index in [0.29, 0.717) is 12.1 Å². The van der Waals surface area contributed by atoms with Crippen LogP contribution in [0.3, 0.4) is 0 Å². The van der Waals surface area contributed by atoms with Gasteiger partial charge in [-0.1, -0.05) is 0 Å². The molecule has 2 N–H and O–H groups in total. The van der Waals surface area contributed by atoms with Crippen molar-refractivity contribution in [2.75, 3.05) is 6.54 Å². The number of aryl methyl sites for hydroxylation is 1. The first-order valence-corrected chi connectivity index (χ1v) is 6.08. The minimum absolute atomic E-state index is 0.0697. The highest BCUT2D eigenvalue weighted by Gasteiger charge is 2.19. The first-order chi connectivity index (χ1) is 8.83. The first-order valence-electron chi connectivity index (χ1n) is 6.08. The quantitative estimate of drug-likeness (QED) is 0.827. The molecule has 2 aromatic rings. The van der Waals surface area contributed by atoms with Gasteiger partial charge in [-0.05, 0) is 30.5 Å². The standard InChI is InChI=1S/C13H14N4O/c18-13-12-10(2-1-5-15-13)16-11(17-12)8-9-3-6-14-7-4-9/h3-4,6-7H,1-2,5,8H2,(H,15,18)(H,16,17). The van der Waals surface area contributed by atoms with Gasteiger partial charge >= 0.3 is 0 Å². The molecule has 5 nitrogen and oxygen atoms in total. The topological polar surface area (TPSA) is 70.7 Å². The highest BCUT2D eigenvalue weighted by molar-refractivity contribution is 5.93. The number of nitrogens with zero attached hydrogens (tertiary/aromatic N) is 2. The molecule has 2 aromatic heterocycles. The predicted molar refractivity (Wildman–Crippen MR) is 66.3 cm³/mol. The van der Waals surface area contributed by atoms with Crippen LogP contribution < -0.4 is 5.32 Å². The van der Waals surface area contributed by atoms with Gasteiger partial charge in [-0.25, -0.2) is 4.98 Å². The van der Waals surface area contributed by atoms with Gasteiger partial charge in [0.1, 0.15) is 11.5 Å². The normalized spacial score (nSPS) is 14.8. The molecule has 18 heavy (non-hydrogen) atoms. The van der Waals surface area contributed by atoms with Gasteiger partial charge in [-0.2, -0.15) is 0 Å². The first kappa shape index (κ1) is 11.0. The summed E-state index contributed by atoms with van der Waals surface area (Å²) in [6, 6.07) is 3.90. The maximum atomic E-state index is 11.8. The largest absolute Gasteiger partial charge is 0.351 e. The molecule has 1 aliphatic rings. The molecule has 0 aliphatic carbocycles. The van der Waals surface area contributed by atoms with E-state index < -0.39 is 0 Å². The molecule has 0 saturated carbocycles. The summed E-state index contributed by atoms with van der Waals surface area (Å²) in [6.07, 6.45) is 6.04. The third kappa shape index (κ3) is 2.11. The van der Waals surface area contributed by atoms with Crippen molar-refractivity contribution in [3.05, 3.63) is 47.3 Å². The summed E-state index contributed by atoms with van der Waals surface area (Å²) in [6.45, 7) is 0.725. The Balaban J connectivity index is 1.87. The number of H-pyrrole nitrogens is 1. The monoisotopic (exact) mass is 242 g/mol. The summed E-state index contributed by atoms with van der Waals surface area (Å²) >= 11 is 0. The lowest BCUT2D eigenvalue weighted by Gasteiger charge is -1.98. The molecule has 5 heteroatoms. The number of aromatic amines is 1. The Kier molecular flexibility index (Phi) is 2.80. The van der Waals surface area contributed by atoms with Crippen LogP contribution in [0.1, 0.15) is 34.0 Å². The second-order valence-electron chi connectivity index (χ2n) is 4.40. The molecule has 3 rings (SSSR count). The average molecular weight is 242 g/mol. The minimum Gasteiger partial charge on any atom is -0.351 e. The van der Waals surface area contributed by atoms with Crippen molar-refractivity contribution in [1.29, 1.82) is 0 Å². The van der Waals surface area contributed by atoms with E-state index in [2.05, 4.69) is 20.3 Å². The lowest BCUT2D eigenvalue weighted by Crippen LogP contribution is -2.23. The number of hydrogen-bond acceptors (Lipinski definition) is 3. The van der Waals surface area contributed by atoms with E-state index >= 15 is 0 Å². The Bertz CT molecular complexity index is 562. The Labute approximate surface area is 105 Å². The van der Waals surface area contributed by atoms with Gasteiger partial charge in [0.25, 0.3) is 5.91 Å². The molecule has 0 spiro atoms. The van der Waals surface area contributed by atoms with Gasteiger partial charge in [-0.3, -0.25) is 9.78 Å². The maximum Gasteiger partial charge on any atom is 0.271 e. The fourth-order valence-corrected chi connectivity index (χ4v) is 2.16. The van der Waals surface area contributed by atoms with Crippen molar-refractivity contribution < 1.29 is 4.79 Å². The van der Waals surface area contributed by atoms with Crippen LogP contribution in [0, 0.1) is 0 Å². The van der Waals surface area contributed by atoms with Gasteiger partial charge in [0.15, 0.2) is 0 Å². The third-order valence-corrected chi connectivity index (χ3v) is 3.05. The van der Waals surface area contributed by atoms with Crippen molar-refractivity contribution in [3.8, 4) is 0 Å². The van der Waals surface area contributed by atoms with E-state index in [1.54, 1.807) is 12.4 Å². The molecule has 1 aliphatic heterocycles. The average Bonchev–Trinajstić information content (AvgIpc) is 2.71. The zero-order chi connectivity index (χ0) is 12.4. The molecule has 3 heterocycles. The lowest BCUT2D eigenvalue weighted by molar-refractivity contribution is 0.0951. The maximum absolute atomic E-state index is 11.8. The number of rotatable bonds is 2. The number of hydrogen-bond donors (Lipinski definition) is 2. The summed E-state index contributed by atoms with van der Waals surface area (Å²) in [5.41, 5.74) is 2.64. The second-order valence-corrected chi connectivity index (χ2v) is 4.40. The summed E-state index contributed by atoms with van der Waals surface area (Å²) < 4.78 is 0. The molecule has 0 radical (unpaired) electrons. The second kappa shape index (κ2) is 4.60. The van der Waals surface area contributed by atoms with E-state index in [1.165, 1.54) is 0 Å². The van der Waals surface area contributed by atoms with E-state index in [0.717, 1.165) is 36.5 Å². The molecular formula is C13H14N4O. The van der Waals surface area contributed by atoms with Crippen molar-refractivity contribution in [1.82, 2.24) is 20.3 Å². The summed E-state index contributed by atoms with van der Waals surface area (Å²) in [7, 11) is 0. The van der Waals surface area contributed by atoms with E-state index in [-0.39, 0.29) is 5.91 Å². The molecule has 0 unspecified atom stereocenters. The molecule has 1 amide bonds.